The van der Waals surface area contributed by atoms with Gasteiger partial charge >= 0.3 is 5.97 Å². The van der Waals surface area contributed by atoms with E-state index in [1.807, 2.05) is 17.0 Å². The maximum atomic E-state index is 12.8. The van der Waals surface area contributed by atoms with E-state index in [1.54, 1.807) is 19.2 Å². The third-order valence-electron chi connectivity index (χ3n) is 4.74. The zero-order chi connectivity index (χ0) is 19.9. The van der Waals surface area contributed by atoms with Gasteiger partial charge in [0.2, 0.25) is 0 Å². The van der Waals surface area contributed by atoms with Crippen molar-refractivity contribution in [3.63, 3.8) is 0 Å². The van der Waals surface area contributed by atoms with Crippen molar-refractivity contribution in [1.29, 1.82) is 0 Å². The number of rotatable bonds is 6. The Kier molecular flexibility index (Phi) is 6.62. The molecule has 150 valence electrons. The summed E-state index contributed by atoms with van der Waals surface area (Å²) in [6.07, 6.45) is 4.29. The van der Waals surface area contributed by atoms with Gasteiger partial charge in [0, 0.05) is 38.1 Å². The van der Waals surface area contributed by atoms with Crippen LogP contribution in [0, 0.1) is 0 Å². The second kappa shape index (κ2) is 9.34. The molecule has 0 saturated carbocycles. The van der Waals surface area contributed by atoms with Gasteiger partial charge in [0.1, 0.15) is 11.5 Å². The molecule has 1 fully saturated rings. The SMILES string of the molecule is CCCc1cc(C(=O)N2CCCN(c3ccc(C(=O)OCC)cn3)CC2)n[nH]1. The summed E-state index contributed by atoms with van der Waals surface area (Å²) in [5, 5.41) is 7.12. The Morgan fingerprint density at radius 1 is 1.18 bits per heavy atom. The first-order valence-corrected chi connectivity index (χ1v) is 9.84. The monoisotopic (exact) mass is 385 g/mol. The number of aromatic nitrogens is 3. The van der Waals surface area contributed by atoms with E-state index in [0.29, 0.717) is 37.5 Å². The summed E-state index contributed by atoms with van der Waals surface area (Å²) < 4.78 is 4.99. The zero-order valence-corrected chi connectivity index (χ0v) is 16.5. The molecule has 0 unspecified atom stereocenters. The van der Waals surface area contributed by atoms with Crippen LogP contribution in [0.1, 0.15) is 53.2 Å². The van der Waals surface area contributed by atoms with E-state index in [2.05, 4.69) is 27.0 Å². The van der Waals surface area contributed by atoms with Crippen molar-refractivity contribution in [2.24, 2.45) is 0 Å². The smallest absolute Gasteiger partial charge is 0.339 e. The van der Waals surface area contributed by atoms with Crippen molar-refractivity contribution in [2.75, 3.05) is 37.7 Å². The summed E-state index contributed by atoms with van der Waals surface area (Å²) in [6, 6.07) is 5.41. The molecule has 1 saturated heterocycles. The summed E-state index contributed by atoms with van der Waals surface area (Å²) in [5.74, 6) is 0.397. The summed E-state index contributed by atoms with van der Waals surface area (Å²) >= 11 is 0. The van der Waals surface area contributed by atoms with Crippen LogP contribution in [0.4, 0.5) is 5.82 Å². The van der Waals surface area contributed by atoms with Gasteiger partial charge in [-0.3, -0.25) is 9.89 Å². The second-order valence-electron chi connectivity index (χ2n) is 6.79. The topological polar surface area (TPSA) is 91.4 Å². The molecular weight excluding hydrogens is 358 g/mol. The fraction of sp³-hybridized carbons (Fsp3) is 0.500. The van der Waals surface area contributed by atoms with E-state index < -0.39 is 0 Å². The molecule has 0 aromatic carbocycles. The first kappa shape index (κ1) is 19.9. The molecular formula is C20H27N5O3. The van der Waals surface area contributed by atoms with Gasteiger partial charge in [-0.15, -0.1) is 0 Å². The first-order valence-electron chi connectivity index (χ1n) is 9.84. The maximum absolute atomic E-state index is 12.8. The van der Waals surface area contributed by atoms with Crippen LogP contribution < -0.4 is 4.90 Å². The Bertz CT molecular complexity index is 802. The quantitative estimate of drug-likeness (QED) is 0.767. The van der Waals surface area contributed by atoms with Crippen LogP contribution in [-0.2, 0) is 11.2 Å². The van der Waals surface area contributed by atoms with E-state index >= 15 is 0 Å². The third-order valence-corrected chi connectivity index (χ3v) is 4.74. The molecule has 3 heterocycles. The molecule has 8 nitrogen and oxygen atoms in total. The molecule has 1 aliphatic heterocycles. The Labute approximate surface area is 164 Å². The number of nitrogens with one attached hydrogen (secondary N) is 1. The van der Waals surface area contributed by atoms with Crippen molar-refractivity contribution >= 4 is 17.7 Å². The highest BCUT2D eigenvalue weighted by molar-refractivity contribution is 5.92. The van der Waals surface area contributed by atoms with Gasteiger partial charge in [-0.1, -0.05) is 13.3 Å². The third kappa shape index (κ3) is 4.68. The molecule has 0 spiro atoms. The molecule has 1 amide bonds. The number of carbonyl (C=O) groups is 2. The molecule has 0 atom stereocenters. The van der Waals surface area contributed by atoms with Crippen molar-refractivity contribution in [1.82, 2.24) is 20.1 Å². The highest BCUT2D eigenvalue weighted by atomic mass is 16.5. The molecule has 1 N–H and O–H groups in total. The largest absolute Gasteiger partial charge is 0.462 e. The van der Waals surface area contributed by atoms with E-state index in [-0.39, 0.29) is 11.9 Å². The summed E-state index contributed by atoms with van der Waals surface area (Å²) in [4.78, 5) is 32.9. The van der Waals surface area contributed by atoms with E-state index in [1.165, 1.54) is 0 Å². The van der Waals surface area contributed by atoms with Gasteiger partial charge in [-0.2, -0.15) is 5.10 Å². The van der Waals surface area contributed by atoms with Crippen LogP contribution in [0.15, 0.2) is 24.4 Å². The molecule has 2 aromatic heterocycles. The fourth-order valence-electron chi connectivity index (χ4n) is 3.29. The summed E-state index contributed by atoms with van der Waals surface area (Å²) in [7, 11) is 0. The van der Waals surface area contributed by atoms with Crippen LogP contribution in [0.2, 0.25) is 0 Å². The number of hydrogen-bond acceptors (Lipinski definition) is 6. The standard InChI is InChI=1S/C20H27N5O3/c1-3-6-16-13-17(23-22-16)19(26)25-10-5-9-24(11-12-25)18-8-7-15(14-21-18)20(27)28-4-2/h7-8,13-14H,3-6,9-12H2,1-2H3,(H,22,23). The van der Waals surface area contributed by atoms with Crippen molar-refractivity contribution in [2.45, 2.75) is 33.1 Å². The van der Waals surface area contributed by atoms with Gasteiger partial charge in [-0.05, 0) is 38.0 Å². The predicted molar refractivity (Wildman–Crippen MR) is 106 cm³/mol. The van der Waals surface area contributed by atoms with Crippen LogP contribution in [-0.4, -0.2) is 64.7 Å². The number of H-pyrrole nitrogens is 1. The lowest BCUT2D eigenvalue weighted by Crippen LogP contribution is -2.35. The molecule has 1 aliphatic rings. The highest BCUT2D eigenvalue weighted by Gasteiger charge is 2.23. The number of nitrogens with zero attached hydrogens (tertiary/aromatic N) is 4. The van der Waals surface area contributed by atoms with Gasteiger partial charge in [0.25, 0.3) is 5.91 Å². The minimum absolute atomic E-state index is 0.0360. The molecule has 8 heteroatoms. The fourth-order valence-corrected chi connectivity index (χ4v) is 3.29. The lowest BCUT2D eigenvalue weighted by atomic mass is 10.2. The predicted octanol–water partition coefficient (Wildman–Crippen LogP) is 2.29. The van der Waals surface area contributed by atoms with Gasteiger partial charge < -0.3 is 14.5 Å². The number of hydrogen-bond donors (Lipinski definition) is 1. The zero-order valence-electron chi connectivity index (χ0n) is 16.5. The number of ether oxygens (including phenoxy) is 1. The Morgan fingerprint density at radius 3 is 2.75 bits per heavy atom. The number of carbonyl (C=O) groups excluding carboxylic acids is 2. The van der Waals surface area contributed by atoms with Crippen LogP contribution in [0.25, 0.3) is 0 Å². The van der Waals surface area contributed by atoms with E-state index in [9.17, 15) is 9.59 Å². The van der Waals surface area contributed by atoms with E-state index in [4.69, 9.17) is 4.74 Å². The van der Waals surface area contributed by atoms with Gasteiger partial charge in [-0.25, -0.2) is 9.78 Å². The first-order chi connectivity index (χ1) is 13.6. The Morgan fingerprint density at radius 2 is 2.04 bits per heavy atom. The molecule has 2 aromatic rings. The highest BCUT2D eigenvalue weighted by Crippen LogP contribution is 2.16. The molecule has 0 aliphatic carbocycles. The number of amides is 1. The van der Waals surface area contributed by atoms with Crippen molar-refractivity contribution in [3.05, 3.63) is 41.3 Å². The van der Waals surface area contributed by atoms with Crippen molar-refractivity contribution in [3.8, 4) is 0 Å². The molecule has 0 bridgehead atoms. The second-order valence-corrected chi connectivity index (χ2v) is 6.79. The number of anilines is 1. The lowest BCUT2D eigenvalue weighted by Gasteiger charge is -2.22. The number of pyridine rings is 1. The minimum Gasteiger partial charge on any atom is -0.462 e. The maximum Gasteiger partial charge on any atom is 0.339 e. The molecule has 28 heavy (non-hydrogen) atoms. The molecule has 0 radical (unpaired) electrons. The summed E-state index contributed by atoms with van der Waals surface area (Å²) in [5.41, 5.74) is 1.92. The van der Waals surface area contributed by atoms with E-state index in [0.717, 1.165) is 37.3 Å². The van der Waals surface area contributed by atoms with Gasteiger partial charge in [0.05, 0.1) is 12.2 Å². The van der Waals surface area contributed by atoms with Gasteiger partial charge in [0.15, 0.2) is 0 Å². The normalized spacial score (nSPS) is 14.6. The number of aromatic amines is 1. The van der Waals surface area contributed by atoms with Crippen LogP contribution in [0.5, 0.6) is 0 Å². The van der Waals surface area contributed by atoms with Crippen LogP contribution >= 0.6 is 0 Å². The Hall–Kier alpha value is -2.90. The average Bonchev–Trinajstić information content (AvgIpc) is 3.03. The average molecular weight is 385 g/mol. The molecule has 3 rings (SSSR count). The Balaban J connectivity index is 1.61. The lowest BCUT2D eigenvalue weighted by molar-refractivity contribution is 0.0525. The van der Waals surface area contributed by atoms with Crippen molar-refractivity contribution < 1.29 is 14.3 Å². The summed E-state index contributed by atoms with van der Waals surface area (Å²) in [6.45, 7) is 6.99. The number of aryl methyl sites for hydroxylation is 1. The minimum atomic E-state index is -0.365. The van der Waals surface area contributed by atoms with Crippen LogP contribution in [0.3, 0.4) is 0 Å². The number of esters is 1.